The second-order valence-corrected chi connectivity index (χ2v) is 11.0. The predicted molar refractivity (Wildman–Crippen MR) is 118 cm³/mol. The summed E-state index contributed by atoms with van der Waals surface area (Å²) in [5, 5.41) is 0.492. The maximum atomic E-state index is 13.7. The van der Waals surface area contributed by atoms with Gasteiger partial charge in [-0.15, -0.1) is 0 Å². The summed E-state index contributed by atoms with van der Waals surface area (Å²) in [5.74, 6) is 3.18. The molecule has 1 aromatic carbocycles. The summed E-state index contributed by atoms with van der Waals surface area (Å²) in [4.78, 5) is 28.7. The fourth-order valence-electron chi connectivity index (χ4n) is 8.39. The van der Waals surface area contributed by atoms with Crippen LogP contribution in [0.4, 0.5) is 5.69 Å². The van der Waals surface area contributed by atoms with Crippen molar-refractivity contribution < 1.29 is 14.3 Å². The maximum absolute atomic E-state index is 13.7. The van der Waals surface area contributed by atoms with Gasteiger partial charge in [-0.05, 0) is 74.0 Å². The van der Waals surface area contributed by atoms with E-state index in [1.807, 2.05) is 0 Å². The van der Waals surface area contributed by atoms with E-state index in [1.165, 1.54) is 42.6 Å². The number of ether oxygens (including phenoxy) is 1. The van der Waals surface area contributed by atoms with Crippen LogP contribution in [0.1, 0.15) is 32.1 Å². The number of rotatable bonds is 2. The Balaban J connectivity index is 1.29. The average molecular weight is 436 g/mol. The van der Waals surface area contributed by atoms with E-state index in [1.54, 1.807) is 30.9 Å². The van der Waals surface area contributed by atoms with Crippen LogP contribution in [0.15, 0.2) is 41.5 Å². The lowest BCUT2D eigenvalue weighted by Gasteiger charge is -2.52. The van der Waals surface area contributed by atoms with Crippen LogP contribution in [0, 0.1) is 47.3 Å². The monoisotopic (exact) mass is 435 g/mol. The largest absolute Gasteiger partial charge is 0.495 e. The third-order valence-corrected chi connectivity index (χ3v) is 9.38. The van der Waals surface area contributed by atoms with Crippen molar-refractivity contribution in [2.75, 3.05) is 12.0 Å². The van der Waals surface area contributed by atoms with E-state index in [0.29, 0.717) is 28.3 Å². The number of benzene rings is 1. The Labute approximate surface area is 187 Å². The molecule has 6 fully saturated rings. The summed E-state index contributed by atoms with van der Waals surface area (Å²) < 4.78 is 5.45. The maximum Gasteiger partial charge on any atom is 0.238 e. The van der Waals surface area contributed by atoms with Crippen LogP contribution in [0.2, 0.25) is 5.02 Å². The molecule has 0 spiro atoms. The van der Waals surface area contributed by atoms with Crippen molar-refractivity contribution in [2.45, 2.75) is 32.1 Å². The highest BCUT2D eigenvalue weighted by Crippen LogP contribution is 2.64. The van der Waals surface area contributed by atoms with Gasteiger partial charge in [-0.25, -0.2) is 4.90 Å². The quantitative estimate of drug-likeness (QED) is 0.484. The van der Waals surface area contributed by atoms with Crippen LogP contribution in [-0.2, 0) is 9.59 Å². The first-order chi connectivity index (χ1) is 15.0. The number of imide groups is 1. The standard InChI is InChI=1S/C26H26ClNO3/c1-31-20-5-2-16(27)11-19(20)28-25(29)23-17-3-4-18(24(23)26(28)30)22(17)21-14-7-12-6-13(9-14)10-15(21)8-12/h2-5,11-15,17-18,23-24H,6-10H2,1H3. The SMILES string of the molecule is COc1ccc(Cl)cc1N1C(=O)C2C3C=CC(C3=C3C4CC5CC(C4)CC3C5)C2C1=O. The summed E-state index contributed by atoms with van der Waals surface area (Å²) in [7, 11) is 1.55. The van der Waals surface area contributed by atoms with Crippen LogP contribution in [0.5, 0.6) is 5.75 Å². The Hall–Kier alpha value is -2.07. The number of nitrogens with zero attached hydrogens (tertiary/aromatic N) is 1. The highest BCUT2D eigenvalue weighted by atomic mass is 35.5. The molecule has 6 bridgehead atoms. The third kappa shape index (κ3) is 2.32. The van der Waals surface area contributed by atoms with Gasteiger partial charge in [-0.3, -0.25) is 9.59 Å². The van der Waals surface area contributed by atoms with Gasteiger partial charge in [0.15, 0.2) is 0 Å². The first-order valence-electron chi connectivity index (χ1n) is 11.7. The van der Waals surface area contributed by atoms with Gasteiger partial charge in [0.25, 0.3) is 0 Å². The molecule has 160 valence electrons. The van der Waals surface area contributed by atoms with Crippen LogP contribution < -0.4 is 9.64 Å². The summed E-state index contributed by atoms with van der Waals surface area (Å²) in [6, 6.07) is 5.11. The van der Waals surface area contributed by atoms with E-state index in [9.17, 15) is 9.59 Å². The van der Waals surface area contributed by atoms with Crippen molar-refractivity contribution in [2.24, 2.45) is 47.3 Å². The van der Waals surface area contributed by atoms with Gasteiger partial charge in [0.05, 0.1) is 24.6 Å². The van der Waals surface area contributed by atoms with Gasteiger partial charge in [0.2, 0.25) is 11.8 Å². The molecule has 1 aromatic rings. The van der Waals surface area contributed by atoms with Crippen molar-refractivity contribution in [1.29, 1.82) is 0 Å². The molecule has 0 N–H and O–H groups in total. The van der Waals surface area contributed by atoms with Gasteiger partial charge < -0.3 is 4.74 Å². The number of halogens is 1. The molecule has 1 heterocycles. The zero-order valence-corrected chi connectivity index (χ0v) is 18.3. The molecule has 0 radical (unpaired) electrons. The van der Waals surface area contributed by atoms with Crippen LogP contribution in [0.3, 0.4) is 0 Å². The Kier molecular flexibility index (Phi) is 3.73. The number of allylic oxidation sites excluding steroid dienone is 4. The van der Waals surface area contributed by atoms with Crippen LogP contribution in [-0.4, -0.2) is 18.9 Å². The number of methoxy groups -OCH3 is 1. The average Bonchev–Trinajstić information content (AvgIpc) is 3.37. The second kappa shape index (κ2) is 6.25. The topological polar surface area (TPSA) is 46.6 Å². The fourth-order valence-corrected chi connectivity index (χ4v) is 8.55. The fraction of sp³-hybridized carbons (Fsp3) is 0.538. The Morgan fingerprint density at radius 2 is 1.45 bits per heavy atom. The van der Waals surface area contributed by atoms with E-state index in [4.69, 9.17) is 16.3 Å². The minimum absolute atomic E-state index is 0.0886. The van der Waals surface area contributed by atoms with Crippen molar-refractivity contribution in [3.05, 3.63) is 46.5 Å². The third-order valence-electron chi connectivity index (χ3n) is 9.15. The Morgan fingerprint density at radius 1 is 0.871 bits per heavy atom. The second-order valence-electron chi connectivity index (χ2n) is 10.5. The summed E-state index contributed by atoms with van der Waals surface area (Å²) >= 11 is 6.21. The molecule has 0 aromatic heterocycles. The molecule has 7 aliphatic rings. The lowest BCUT2D eigenvalue weighted by molar-refractivity contribution is -0.123. The van der Waals surface area contributed by atoms with Gasteiger partial charge >= 0.3 is 0 Å². The predicted octanol–water partition coefficient (Wildman–Crippen LogP) is 5.02. The normalized spacial score (nSPS) is 41.7. The zero-order chi connectivity index (χ0) is 21.0. The summed E-state index contributed by atoms with van der Waals surface area (Å²) in [6.07, 6.45) is 11.2. The van der Waals surface area contributed by atoms with E-state index < -0.39 is 0 Å². The molecule has 1 saturated heterocycles. The minimum Gasteiger partial charge on any atom is -0.495 e. The number of amides is 2. The molecule has 5 heteroatoms. The van der Waals surface area contributed by atoms with E-state index >= 15 is 0 Å². The molecule has 4 unspecified atom stereocenters. The molecule has 31 heavy (non-hydrogen) atoms. The van der Waals surface area contributed by atoms with Crippen molar-refractivity contribution >= 4 is 29.1 Å². The highest BCUT2D eigenvalue weighted by Gasteiger charge is 2.63. The summed E-state index contributed by atoms with van der Waals surface area (Å²) in [5.41, 5.74) is 3.60. The molecular formula is C26H26ClNO3. The van der Waals surface area contributed by atoms with Gasteiger partial charge in [-0.2, -0.15) is 0 Å². The van der Waals surface area contributed by atoms with E-state index in [0.717, 1.165) is 11.8 Å². The number of hydrogen-bond acceptors (Lipinski definition) is 3. The molecular weight excluding hydrogens is 410 g/mol. The molecule has 5 saturated carbocycles. The van der Waals surface area contributed by atoms with Gasteiger partial charge in [-0.1, -0.05) is 34.9 Å². The van der Waals surface area contributed by atoms with Gasteiger partial charge in [0, 0.05) is 16.9 Å². The van der Waals surface area contributed by atoms with Gasteiger partial charge in [0.1, 0.15) is 5.75 Å². The van der Waals surface area contributed by atoms with Crippen molar-refractivity contribution in [3.8, 4) is 5.75 Å². The first-order valence-corrected chi connectivity index (χ1v) is 12.1. The number of carbonyl (C=O) groups is 2. The molecule has 1 aliphatic heterocycles. The molecule has 2 amide bonds. The van der Waals surface area contributed by atoms with Crippen LogP contribution >= 0.6 is 11.6 Å². The lowest BCUT2D eigenvalue weighted by Crippen LogP contribution is -2.41. The van der Waals surface area contributed by atoms with Crippen molar-refractivity contribution in [1.82, 2.24) is 0 Å². The zero-order valence-electron chi connectivity index (χ0n) is 17.6. The van der Waals surface area contributed by atoms with E-state index in [2.05, 4.69) is 12.2 Å². The van der Waals surface area contributed by atoms with Crippen molar-refractivity contribution in [3.63, 3.8) is 0 Å². The Bertz CT molecular complexity index is 1020. The van der Waals surface area contributed by atoms with Crippen LogP contribution in [0.25, 0.3) is 0 Å². The smallest absolute Gasteiger partial charge is 0.238 e. The molecule has 4 atom stereocenters. The number of carbonyl (C=O) groups excluding carboxylic acids is 2. The Morgan fingerprint density at radius 3 is 2.00 bits per heavy atom. The molecule has 6 aliphatic carbocycles. The lowest BCUT2D eigenvalue weighted by atomic mass is 9.53. The number of anilines is 1. The van der Waals surface area contributed by atoms with E-state index in [-0.39, 0.29) is 35.5 Å². The molecule has 8 rings (SSSR count). The highest BCUT2D eigenvalue weighted by molar-refractivity contribution is 6.31. The summed E-state index contributed by atoms with van der Waals surface area (Å²) in [6.45, 7) is 0. The minimum atomic E-state index is -0.272. The molecule has 4 nitrogen and oxygen atoms in total. The number of hydrogen-bond donors (Lipinski definition) is 0. The first kappa shape index (κ1) is 18.5. The number of fused-ring (bicyclic) bond motifs is 5.